The number of carbonyl (C=O) groups is 1. The largest absolute Gasteiger partial charge is 0.334 e. The molecule has 1 aliphatic heterocycles. The quantitative estimate of drug-likeness (QED) is 0.783. The van der Waals surface area contributed by atoms with E-state index in [2.05, 4.69) is 29.8 Å². The molecular weight excluding hydrogens is 310 g/mol. The molecule has 0 radical (unpaired) electrons. The van der Waals surface area contributed by atoms with E-state index in [0.717, 1.165) is 27.9 Å². The highest BCUT2D eigenvalue weighted by Gasteiger charge is 2.30. The van der Waals surface area contributed by atoms with E-state index in [1.165, 1.54) is 0 Å². The van der Waals surface area contributed by atoms with Gasteiger partial charge in [0.05, 0.1) is 0 Å². The summed E-state index contributed by atoms with van der Waals surface area (Å²) in [4.78, 5) is 14.6. The molecule has 1 aliphatic rings. The van der Waals surface area contributed by atoms with E-state index in [4.69, 9.17) is 0 Å². The molecule has 98 valence electrons. The van der Waals surface area contributed by atoms with Crippen LogP contribution < -0.4 is 0 Å². The number of rotatable bonds is 1. The number of nitrogens with zero attached hydrogens (tertiary/aromatic N) is 1. The number of amides is 1. The standard InChI is InChI=1S/C14H18BrNOS/c1-9-12(5-4-6-13(9)15)14(17)16-7-8-18-11(3)10(16)2/h4-6,10-11H,7-8H2,1-3H3. The molecule has 0 aliphatic carbocycles. The Morgan fingerprint density at radius 2 is 2.17 bits per heavy atom. The summed E-state index contributed by atoms with van der Waals surface area (Å²) in [7, 11) is 0. The van der Waals surface area contributed by atoms with Gasteiger partial charge in [-0.15, -0.1) is 0 Å². The highest BCUT2D eigenvalue weighted by molar-refractivity contribution is 9.10. The molecule has 2 rings (SSSR count). The Kier molecular flexibility index (Phi) is 4.38. The van der Waals surface area contributed by atoms with Crippen LogP contribution in [0.2, 0.25) is 0 Å². The molecule has 0 saturated carbocycles. The first-order valence-electron chi connectivity index (χ1n) is 6.20. The molecule has 1 saturated heterocycles. The molecule has 2 unspecified atom stereocenters. The summed E-state index contributed by atoms with van der Waals surface area (Å²) in [6.45, 7) is 7.18. The summed E-state index contributed by atoms with van der Waals surface area (Å²) in [6, 6.07) is 6.12. The predicted molar refractivity (Wildman–Crippen MR) is 81.3 cm³/mol. The summed E-state index contributed by atoms with van der Waals surface area (Å²) < 4.78 is 1.00. The third kappa shape index (κ3) is 2.59. The molecule has 1 amide bonds. The van der Waals surface area contributed by atoms with Gasteiger partial charge in [-0.3, -0.25) is 4.79 Å². The van der Waals surface area contributed by atoms with Gasteiger partial charge in [0.2, 0.25) is 0 Å². The molecule has 0 N–H and O–H groups in total. The zero-order valence-corrected chi connectivity index (χ0v) is 13.3. The van der Waals surface area contributed by atoms with Crippen LogP contribution in [-0.4, -0.2) is 34.4 Å². The zero-order valence-electron chi connectivity index (χ0n) is 10.9. The van der Waals surface area contributed by atoms with Crippen LogP contribution in [0, 0.1) is 6.92 Å². The monoisotopic (exact) mass is 327 g/mol. The Morgan fingerprint density at radius 3 is 2.89 bits per heavy atom. The maximum absolute atomic E-state index is 12.6. The highest BCUT2D eigenvalue weighted by atomic mass is 79.9. The molecule has 1 aromatic rings. The van der Waals surface area contributed by atoms with Crippen molar-refractivity contribution in [2.24, 2.45) is 0 Å². The second-order valence-corrected chi connectivity index (χ2v) is 7.07. The topological polar surface area (TPSA) is 20.3 Å². The summed E-state index contributed by atoms with van der Waals surface area (Å²) in [5.74, 6) is 1.19. The minimum atomic E-state index is 0.161. The van der Waals surface area contributed by atoms with Crippen LogP contribution in [0.25, 0.3) is 0 Å². The molecular formula is C14H18BrNOS. The molecule has 2 nitrogen and oxygen atoms in total. The van der Waals surface area contributed by atoms with Crippen molar-refractivity contribution in [1.82, 2.24) is 4.90 Å². The summed E-state index contributed by atoms with van der Waals surface area (Å²) in [5.41, 5.74) is 1.84. The maximum atomic E-state index is 12.6. The van der Waals surface area contributed by atoms with Crippen LogP contribution in [0.1, 0.15) is 29.8 Å². The molecule has 1 fully saturated rings. The normalized spacial score (nSPS) is 24.1. The zero-order chi connectivity index (χ0) is 13.3. The van der Waals surface area contributed by atoms with Crippen molar-refractivity contribution >= 4 is 33.6 Å². The first-order valence-corrected chi connectivity index (χ1v) is 8.04. The Morgan fingerprint density at radius 1 is 1.44 bits per heavy atom. The van der Waals surface area contributed by atoms with E-state index >= 15 is 0 Å². The van der Waals surface area contributed by atoms with Crippen LogP contribution in [-0.2, 0) is 0 Å². The van der Waals surface area contributed by atoms with Gasteiger partial charge >= 0.3 is 0 Å². The minimum Gasteiger partial charge on any atom is -0.334 e. The molecule has 0 aromatic heterocycles. The fraction of sp³-hybridized carbons (Fsp3) is 0.500. The average Bonchev–Trinajstić information content (AvgIpc) is 2.35. The second kappa shape index (κ2) is 5.66. The first-order chi connectivity index (χ1) is 8.52. The number of benzene rings is 1. The van der Waals surface area contributed by atoms with Gasteiger partial charge in [0.1, 0.15) is 0 Å². The van der Waals surface area contributed by atoms with Gasteiger partial charge in [0.15, 0.2) is 0 Å². The number of halogens is 1. The van der Waals surface area contributed by atoms with E-state index in [9.17, 15) is 4.79 Å². The number of hydrogen-bond donors (Lipinski definition) is 0. The molecule has 0 bridgehead atoms. The molecule has 0 spiro atoms. The first kappa shape index (κ1) is 13.9. The Labute approximate surface area is 121 Å². The minimum absolute atomic E-state index is 0.161. The number of carbonyl (C=O) groups excluding carboxylic acids is 1. The van der Waals surface area contributed by atoms with E-state index in [1.807, 2.05) is 41.8 Å². The fourth-order valence-electron chi connectivity index (χ4n) is 2.21. The number of hydrogen-bond acceptors (Lipinski definition) is 2. The van der Waals surface area contributed by atoms with E-state index < -0.39 is 0 Å². The van der Waals surface area contributed by atoms with Crippen molar-refractivity contribution in [3.8, 4) is 0 Å². The van der Waals surface area contributed by atoms with Gasteiger partial charge in [-0.1, -0.05) is 28.9 Å². The summed E-state index contributed by atoms with van der Waals surface area (Å²) in [5, 5.41) is 0.509. The lowest BCUT2D eigenvalue weighted by atomic mass is 10.1. The Hall–Kier alpha value is -0.480. The molecule has 1 heterocycles. The summed E-state index contributed by atoms with van der Waals surface area (Å²) >= 11 is 5.44. The summed E-state index contributed by atoms with van der Waals surface area (Å²) in [6.07, 6.45) is 0. The third-order valence-electron chi connectivity index (χ3n) is 3.64. The van der Waals surface area contributed by atoms with Crippen LogP contribution in [0.3, 0.4) is 0 Å². The van der Waals surface area contributed by atoms with Crippen LogP contribution in [0.15, 0.2) is 22.7 Å². The lowest BCUT2D eigenvalue weighted by Gasteiger charge is -2.37. The van der Waals surface area contributed by atoms with Gasteiger partial charge in [-0.2, -0.15) is 11.8 Å². The van der Waals surface area contributed by atoms with E-state index in [-0.39, 0.29) is 5.91 Å². The van der Waals surface area contributed by atoms with Gasteiger partial charge < -0.3 is 4.90 Å². The van der Waals surface area contributed by atoms with Gasteiger partial charge in [0.25, 0.3) is 5.91 Å². The molecule has 1 aromatic carbocycles. The van der Waals surface area contributed by atoms with E-state index in [0.29, 0.717) is 11.3 Å². The van der Waals surface area contributed by atoms with Crippen LogP contribution >= 0.6 is 27.7 Å². The SMILES string of the molecule is Cc1c(Br)cccc1C(=O)N1CCSC(C)C1C. The fourth-order valence-corrected chi connectivity index (χ4v) is 3.68. The molecule has 18 heavy (non-hydrogen) atoms. The van der Waals surface area contributed by atoms with Crippen molar-refractivity contribution in [2.75, 3.05) is 12.3 Å². The Bertz CT molecular complexity index is 463. The predicted octanol–water partition coefficient (Wildman–Crippen LogP) is 3.72. The smallest absolute Gasteiger partial charge is 0.254 e. The van der Waals surface area contributed by atoms with Gasteiger partial charge in [-0.05, 0) is 31.5 Å². The molecule has 4 heteroatoms. The Balaban J connectivity index is 2.28. The molecule has 2 atom stereocenters. The van der Waals surface area contributed by atoms with Gasteiger partial charge in [-0.25, -0.2) is 0 Å². The average molecular weight is 328 g/mol. The van der Waals surface area contributed by atoms with Crippen molar-refractivity contribution in [3.63, 3.8) is 0 Å². The van der Waals surface area contributed by atoms with Crippen molar-refractivity contribution in [2.45, 2.75) is 32.1 Å². The third-order valence-corrected chi connectivity index (χ3v) is 5.84. The van der Waals surface area contributed by atoms with Crippen LogP contribution in [0.4, 0.5) is 0 Å². The van der Waals surface area contributed by atoms with Gasteiger partial charge in [0, 0.05) is 33.6 Å². The number of thioether (sulfide) groups is 1. The van der Waals surface area contributed by atoms with Crippen molar-refractivity contribution in [3.05, 3.63) is 33.8 Å². The highest BCUT2D eigenvalue weighted by Crippen LogP contribution is 2.27. The lowest BCUT2D eigenvalue weighted by molar-refractivity contribution is 0.0697. The van der Waals surface area contributed by atoms with Crippen molar-refractivity contribution < 1.29 is 4.79 Å². The van der Waals surface area contributed by atoms with Crippen LogP contribution in [0.5, 0.6) is 0 Å². The lowest BCUT2D eigenvalue weighted by Crippen LogP contribution is -2.48. The second-order valence-electron chi connectivity index (χ2n) is 4.73. The van der Waals surface area contributed by atoms with E-state index in [1.54, 1.807) is 0 Å². The van der Waals surface area contributed by atoms with Crippen molar-refractivity contribution in [1.29, 1.82) is 0 Å². The maximum Gasteiger partial charge on any atom is 0.254 e.